The summed E-state index contributed by atoms with van der Waals surface area (Å²) in [4.78, 5) is 0. The minimum Gasteiger partial charge on any atom is -0.497 e. The number of methoxy groups -OCH3 is 1. The summed E-state index contributed by atoms with van der Waals surface area (Å²) in [6.45, 7) is 0.681. The quantitative estimate of drug-likeness (QED) is 0.637. The second-order valence-corrected chi connectivity index (χ2v) is 6.04. The summed E-state index contributed by atoms with van der Waals surface area (Å²) >= 11 is 0. The van der Waals surface area contributed by atoms with Crippen LogP contribution >= 0.6 is 0 Å². The lowest BCUT2D eigenvalue weighted by Crippen LogP contribution is -1.96. The van der Waals surface area contributed by atoms with Gasteiger partial charge in [0, 0.05) is 12.0 Å². The molecule has 1 heterocycles. The summed E-state index contributed by atoms with van der Waals surface area (Å²) in [7, 11) is 1.69. The molecule has 0 aliphatic carbocycles. The van der Waals surface area contributed by atoms with E-state index in [-0.39, 0.29) is 0 Å². The fourth-order valence-electron chi connectivity index (χ4n) is 3.37. The van der Waals surface area contributed by atoms with Gasteiger partial charge in [-0.2, -0.15) is 0 Å². The number of ether oxygens (including phenoxy) is 2. The van der Waals surface area contributed by atoms with Crippen LogP contribution in [0.25, 0.3) is 11.1 Å². The third-order valence-electron chi connectivity index (χ3n) is 4.57. The van der Waals surface area contributed by atoms with E-state index in [0.29, 0.717) is 6.61 Å². The van der Waals surface area contributed by atoms with Gasteiger partial charge < -0.3 is 9.47 Å². The lowest BCUT2D eigenvalue weighted by Gasteiger charge is -2.15. The van der Waals surface area contributed by atoms with Crippen molar-refractivity contribution in [3.63, 3.8) is 0 Å². The van der Waals surface area contributed by atoms with Gasteiger partial charge in [0.05, 0.1) is 13.7 Å². The van der Waals surface area contributed by atoms with Crippen LogP contribution in [0.5, 0.6) is 11.5 Å². The molecule has 2 heteroatoms. The van der Waals surface area contributed by atoms with Crippen molar-refractivity contribution >= 4 is 11.1 Å². The third kappa shape index (κ3) is 3.03. The smallest absolute Gasteiger partial charge is 0.127 e. The Morgan fingerprint density at radius 2 is 1.48 bits per heavy atom. The molecule has 3 aromatic carbocycles. The van der Waals surface area contributed by atoms with Crippen LogP contribution in [0.4, 0.5) is 0 Å². The normalized spacial score (nSPS) is 13.6. The first-order valence-electron chi connectivity index (χ1n) is 8.52. The van der Waals surface area contributed by atoms with Crippen molar-refractivity contribution in [3.05, 3.63) is 95.6 Å². The van der Waals surface area contributed by atoms with Crippen molar-refractivity contribution in [2.75, 3.05) is 13.7 Å². The Balaban J connectivity index is 1.97. The molecule has 0 bridgehead atoms. The number of hydrogen-bond acceptors (Lipinski definition) is 2. The Kier molecular flexibility index (Phi) is 4.26. The molecule has 0 saturated carbocycles. The molecule has 0 atom stereocenters. The summed E-state index contributed by atoms with van der Waals surface area (Å²) in [6.07, 6.45) is 0.875. The molecule has 0 saturated heterocycles. The Morgan fingerprint density at radius 1 is 0.760 bits per heavy atom. The molecule has 4 rings (SSSR count). The van der Waals surface area contributed by atoms with E-state index in [1.54, 1.807) is 7.11 Å². The van der Waals surface area contributed by atoms with E-state index in [0.717, 1.165) is 23.5 Å². The van der Waals surface area contributed by atoms with Crippen LogP contribution in [-0.4, -0.2) is 13.7 Å². The Hall–Kier alpha value is -3.00. The first kappa shape index (κ1) is 15.5. The van der Waals surface area contributed by atoms with E-state index in [9.17, 15) is 0 Å². The molecule has 2 nitrogen and oxygen atoms in total. The summed E-state index contributed by atoms with van der Waals surface area (Å²) in [5.41, 5.74) is 6.12. The van der Waals surface area contributed by atoms with Crippen molar-refractivity contribution in [3.8, 4) is 11.5 Å². The lowest BCUT2D eigenvalue weighted by atomic mass is 9.88. The van der Waals surface area contributed by atoms with Gasteiger partial charge in [-0.1, -0.05) is 60.7 Å². The highest BCUT2D eigenvalue weighted by Gasteiger charge is 2.20. The molecule has 0 fully saturated rings. The maximum absolute atomic E-state index is 6.03. The molecule has 0 aromatic heterocycles. The van der Waals surface area contributed by atoms with Gasteiger partial charge in [-0.25, -0.2) is 0 Å². The zero-order chi connectivity index (χ0) is 17.1. The molecule has 0 spiro atoms. The van der Waals surface area contributed by atoms with E-state index in [4.69, 9.17) is 9.47 Å². The maximum Gasteiger partial charge on any atom is 0.127 e. The van der Waals surface area contributed by atoms with Crippen molar-refractivity contribution in [2.45, 2.75) is 6.42 Å². The highest BCUT2D eigenvalue weighted by atomic mass is 16.5. The minimum absolute atomic E-state index is 0.681. The average Bonchev–Trinajstić information content (AvgIpc) is 2.88. The number of rotatable bonds is 3. The fourth-order valence-corrected chi connectivity index (χ4v) is 3.37. The van der Waals surface area contributed by atoms with E-state index in [2.05, 4.69) is 54.6 Å². The van der Waals surface area contributed by atoms with Gasteiger partial charge in [0.25, 0.3) is 0 Å². The molecule has 25 heavy (non-hydrogen) atoms. The highest BCUT2D eigenvalue weighted by Crippen LogP contribution is 2.40. The number of benzene rings is 3. The molecule has 1 aliphatic heterocycles. The minimum atomic E-state index is 0.681. The second kappa shape index (κ2) is 6.86. The number of hydrogen-bond donors (Lipinski definition) is 0. The standard InChI is InChI=1S/C23H20O2/c1-24-19-13-11-18(12-14-19)23-20(17-7-3-2-4-8-17)15-16-25-22-10-6-5-9-21(22)23/h2-14H,15-16H2,1H3. The molecule has 3 aromatic rings. The van der Waals surface area contributed by atoms with E-state index in [1.165, 1.54) is 22.3 Å². The van der Waals surface area contributed by atoms with Gasteiger partial charge in [0.1, 0.15) is 11.5 Å². The van der Waals surface area contributed by atoms with Crippen LogP contribution < -0.4 is 9.47 Å². The SMILES string of the molecule is COc1ccc(C2=C(c3ccccc3)CCOc3ccccc32)cc1. The van der Waals surface area contributed by atoms with Crippen molar-refractivity contribution in [1.82, 2.24) is 0 Å². The van der Waals surface area contributed by atoms with Crippen molar-refractivity contribution < 1.29 is 9.47 Å². The van der Waals surface area contributed by atoms with Gasteiger partial charge in [-0.05, 0) is 40.5 Å². The molecule has 0 amide bonds. The van der Waals surface area contributed by atoms with E-state index in [1.807, 2.05) is 24.3 Å². The predicted molar refractivity (Wildman–Crippen MR) is 102 cm³/mol. The van der Waals surface area contributed by atoms with Gasteiger partial charge in [-0.15, -0.1) is 0 Å². The molecule has 0 N–H and O–H groups in total. The first-order chi connectivity index (χ1) is 12.4. The van der Waals surface area contributed by atoms with Gasteiger partial charge in [0.2, 0.25) is 0 Å². The molecule has 0 radical (unpaired) electrons. The third-order valence-corrected chi connectivity index (χ3v) is 4.57. The van der Waals surface area contributed by atoms with Crippen molar-refractivity contribution in [1.29, 1.82) is 0 Å². The van der Waals surface area contributed by atoms with Crippen LogP contribution in [0.3, 0.4) is 0 Å². The van der Waals surface area contributed by atoms with Gasteiger partial charge >= 0.3 is 0 Å². The van der Waals surface area contributed by atoms with Crippen LogP contribution in [0, 0.1) is 0 Å². The molecular weight excluding hydrogens is 308 g/mol. The fraction of sp³-hybridized carbons (Fsp3) is 0.130. The van der Waals surface area contributed by atoms with E-state index < -0.39 is 0 Å². The van der Waals surface area contributed by atoms with Crippen LogP contribution in [0.1, 0.15) is 23.1 Å². The van der Waals surface area contributed by atoms with Gasteiger partial charge in [0.15, 0.2) is 0 Å². The summed E-state index contributed by atoms with van der Waals surface area (Å²) in [5.74, 6) is 1.81. The number of para-hydroxylation sites is 1. The summed E-state index contributed by atoms with van der Waals surface area (Å²) in [5, 5.41) is 0. The number of fused-ring (bicyclic) bond motifs is 1. The second-order valence-electron chi connectivity index (χ2n) is 6.04. The monoisotopic (exact) mass is 328 g/mol. The molecule has 1 aliphatic rings. The maximum atomic E-state index is 6.03. The Morgan fingerprint density at radius 3 is 2.24 bits per heavy atom. The summed E-state index contributed by atoms with van der Waals surface area (Å²) < 4.78 is 11.4. The zero-order valence-electron chi connectivity index (χ0n) is 14.2. The topological polar surface area (TPSA) is 18.5 Å². The Bertz CT molecular complexity index is 893. The van der Waals surface area contributed by atoms with Crippen LogP contribution in [0.15, 0.2) is 78.9 Å². The van der Waals surface area contributed by atoms with E-state index >= 15 is 0 Å². The first-order valence-corrected chi connectivity index (χ1v) is 8.52. The van der Waals surface area contributed by atoms with Crippen LogP contribution in [-0.2, 0) is 0 Å². The van der Waals surface area contributed by atoms with Crippen LogP contribution in [0.2, 0.25) is 0 Å². The lowest BCUT2D eigenvalue weighted by molar-refractivity contribution is 0.328. The molecular formula is C23H20O2. The largest absolute Gasteiger partial charge is 0.497 e. The summed E-state index contributed by atoms with van der Waals surface area (Å²) in [6, 6.07) is 27.1. The Labute approximate surface area is 148 Å². The highest BCUT2D eigenvalue weighted by molar-refractivity contribution is 6.00. The molecule has 124 valence electrons. The predicted octanol–water partition coefficient (Wildman–Crippen LogP) is 5.44. The zero-order valence-corrected chi connectivity index (χ0v) is 14.2. The molecule has 0 unspecified atom stereocenters. The van der Waals surface area contributed by atoms with Gasteiger partial charge in [-0.3, -0.25) is 0 Å². The van der Waals surface area contributed by atoms with Crippen molar-refractivity contribution in [2.24, 2.45) is 0 Å². The average molecular weight is 328 g/mol.